The van der Waals surface area contributed by atoms with Gasteiger partial charge in [-0.3, -0.25) is 4.79 Å². The molecule has 0 N–H and O–H groups in total. The Bertz CT molecular complexity index is 1110. The smallest absolute Gasteiger partial charge is 0.306 e. The molecule has 10 atom stereocenters. The summed E-state index contributed by atoms with van der Waals surface area (Å²) in [6.07, 6.45) is 33.3. The third-order valence-electron chi connectivity index (χ3n) is 17.5. The number of allylic oxidation sites excluding steroid dienone is 1. The van der Waals surface area contributed by atoms with Crippen LogP contribution in [-0.2, 0) is 9.53 Å². The van der Waals surface area contributed by atoms with Crippen LogP contribution in [0.3, 0.4) is 0 Å². The van der Waals surface area contributed by atoms with Crippen molar-refractivity contribution >= 4 is 5.97 Å². The van der Waals surface area contributed by atoms with Gasteiger partial charge < -0.3 is 4.74 Å². The summed E-state index contributed by atoms with van der Waals surface area (Å²) in [6.45, 7) is 24.2. The second-order valence-electron chi connectivity index (χ2n) is 20.3. The molecule has 0 heterocycles. The van der Waals surface area contributed by atoms with Crippen molar-refractivity contribution < 1.29 is 9.53 Å². The van der Waals surface area contributed by atoms with E-state index >= 15 is 0 Å². The van der Waals surface area contributed by atoms with E-state index in [0.29, 0.717) is 39.9 Å². The van der Waals surface area contributed by atoms with Crippen molar-refractivity contribution in [1.29, 1.82) is 0 Å². The first-order valence-electron chi connectivity index (χ1n) is 22.1. The third kappa shape index (κ3) is 7.53. The van der Waals surface area contributed by atoms with E-state index in [2.05, 4.69) is 62.0 Å². The highest BCUT2D eigenvalue weighted by Gasteiger charge is 2.82. The van der Waals surface area contributed by atoms with Crippen LogP contribution in [0.25, 0.3) is 0 Å². The van der Waals surface area contributed by atoms with Crippen molar-refractivity contribution in [3.05, 3.63) is 12.2 Å². The zero-order valence-electron chi connectivity index (χ0n) is 34.2. The number of carbonyl (C=O) groups is 1. The highest BCUT2D eigenvalue weighted by Crippen LogP contribution is 2.89. The zero-order chi connectivity index (χ0) is 35.5. The Balaban J connectivity index is 1.07. The number of rotatable bonds is 20. The lowest BCUT2D eigenvalue weighted by Crippen LogP contribution is -2.58. The van der Waals surface area contributed by atoms with Gasteiger partial charge >= 0.3 is 5.97 Å². The van der Waals surface area contributed by atoms with E-state index in [0.717, 1.165) is 30.6 Å². The second kappa shape index (κ2) is 16.1. The van der Waals surface area contributed by atoms with Gasteiger partial charge in [0.05, 0.1) is 0 Å². The molecule has 0 saturated heterocycles. The predicted molar refractivity (Wildman–Crippen MR) is 209 cm³/mol. The van der Waals surface area contributed by atoms with Gasteiger partial charge in [-0.25, -0.2) is 0 Å². The molecule has 5 saturated carbocycles. The molecule has 5 aliphatic carbocycles. The SMILES string of the molecule is C=C(C)[C@@H](C)CC[C@@H](C)[C@H]1CC[C@@]2(C)[C@@H]3CC[C@H]4C(C)(C)[C@@H](OC(=O)CCCCCCCCCCCCCCC)CC[C@@]45C[C@@]35CC[C@]12C. The molecule has 2 heteroatoms. The van der Waals surface area contributed by atoms with E-state index in [4.69, 9.17) is 4.74 Å². The summed E-state index contributed by atoms with van der Waals surface area (Å²) < 4.78 is 6.42. The largest absolute Gasteiger partial charge is 0.462 e. The number of hydrogen-bond acceptors (Lipinski definition) is 2. The van der Waals surface area contributed by atoms with E-state index in [1.54, 1.807) is 0 Å². The molecule has 5 aliphatic rings. The number of unbranched alkanes of at least 4 members (excludes halogenated alkanes) is 12. The van der Waals surface area contributed by atoms with Crippen molar-refractivity contribution in [2.75, 3.05) is 0 Å². The molecule has 282 valence electrons. The lowest BCUT2D eigenvalue weighted by Gasteiger charge is -2.63. The van der Waals surface area contributed by atoms with E-state index < -0.39 is 0 Å². The Labute approximate surface area is 305 Å². The van der Waals surface area contributed by atoms with Crippen LogP contribution in [0, 0.1) is 56.7 Å². The molecule has 0 aromatic carbocycles. The topological polar surface area (TPSA) is 26.3 Å². The van der Waals surface area contributed by atoms with Crippen LogP contribution in [0.15, 0.2) is 12.2 Å². The molecule has 0 unspecified atom stereocenters. The van der Waals surface area contributed by atoms with Crippen molar-refractivity contribution in [3.8, 4) is 0 Å². The lowest BCUT2D eigenvalue weighted by atomic mass is 9.41. The summed E-state index contributed by atoms with van der Waals surface area (Å²) in [6, 6.07) is 0. The number of hydrogen-bond donors (Lipinski definition) is 0. The van der Waals surface area contributed by atoms with Crippen molar-refractivity contribution in [2.24, 2.45) is 56.7 Å². The van der Waals surface area contributed by atoms with Gasteiger partial charge in [-0.2, -0.15) is 0 Å². The molecule has 0 bridgehead atoms. The van der Waals surface area contributed by atoms with Crippen molar-refractivity contribution in [1.82, 2.24) is 0 Å². The van der Waals surface area contributed by atoms with Crippen molar-refractivity contribution in [3.63, 3.8) is 0 Å². The van der Waals surface area contributed by atoms with E-state index in [1.165, 1.54) is 147 Å². The summed E-state index contributed by atoms with van der Waals surface area (Å²) in [4.78, 5) is 13.2. The maximum Gasteiger partial charge on any atom is 0.306 e. The van der Waals surface area contributed by atoms with E-state index in [-0.39, 0.29) is 17.5 Å². The minimum absolute atomic E-state index is 0.0843. The molecular formula is C47H82O2. The third-order valence-corrected chi connectivity index (χ3v) is 17.5. The van der Waals surface area contributed by atoms with Gasteiger partial charge in [-0.1, -0.05) is 138 Å². The Kier molecular flexibility index (Phi) is 12.9. The van der Waals surface area contributed by atoms with Gasteiger partial charge in [0.2, 0.25) is 0 Å². The Morgan fingerprint density at radius 2 is 1.27 bits per heavy atom. The van der Waals surface area contributed by atoms with E-state index in [1.807, 2.05) is 0 Å². The van der Waals surface area contributed by atoms with Crippen LogP contribution in [0.4, 0.5) is 0 Å². The first-order chi connectivity index (χ1) is 23.3. The minimum atomic E-state index is 0.0843. The quantitative estimate of drug-likeness (QED) is 0.0728. The number of esters is 1. The highest BCUT2D eigenvalue weighted by molar-refractivity contribution is 5.69. The molecule has 49 heavy (non-hydrogen) atoms. The summed E-state index contributed by atoms with van der Waals surface area (Å²) in [5, 5.41) is 0. The number of fused-ring (bicyclic) bond motifs is 2. The fourth-order valence-electron chi connectivity index (χ4n) is 14.0. The molecule has 5 rings (SSSR count). The van der Waals surface area contributed by atoms with Crippen LogP contribution in [0.2, 0.25) is 0 Å². The fraction of sp³-hybridized carbons (Fsp3) is 0.936. The Morgan fingerprint density at radius 1 is 0.694 bits per heavy atom. The molecule has 2 spiro atoms. The fourth-order valence-corrected chi connectivity index (χ4v) is 14.0. The van der Waals surface area contributed by atoms with Crippen LogP contribution < -0.4 is 0 Å². The van der Waals surface area contributed by atoms with Crippen LogP contribution in [-0.4, -0.2) is 12.1 Å². The summed E-state index contributed by atoms with van der Waals surface area (Å²) in [7, 11) is 0. The molecule has 0 radical (unpaired) electrons. The van der Waals surface area contributed by atoms with Gasteiger partial charge in [-0.15, -0.1) is 0 Å². The zero-order valence-corrected chi connectivity index (χ0v) is 34.2. The predicted octanol–water partition coefficient (Wildman–Crippen LogP) is 14.4. The maximum atomic E-state index is 13.2. The van der Waals surface area contributed by atoms with Crippen LogP contribution in [0.5, 0.6) is 0 Å². The monoisotopic (exact) mass is 679 g/mol. The first kappa shape index (κ1) is 39.4. The molecule has 0 aromatic heterocycles. The standard InChI is InChI=1S/C47H82O2/c1-10-11-12-13-14-15-16-17-18-19-20-21-22-23-42(48)49-41-29-31-46-34-47(46)33-32-44(8)38(37(5)25-24-36(4)35(2)3)28-30-45(44,9)40(47)27-26-39(46)43(41,6)7/h36-41H,2,10-34H2,1,3-9H3/t36-,37+,38+,39-,40-,41-,44+,45-,46+,47-/m0/s1. The molecule has 2 nitrogen and oxygen atoms in total. The van der Waals surface area contributed by atoms with Crippen molar-refractivity contribution in [2.45, 2.75) is 222 Å². The molecule has 0 aromatic rings. The Hall–Kier alpha value is -0.790. The number of ether oxygens (including phenoxy) is 1. The summed E-state index contributed by atoms with van der Waals surface area (Å²) >= 11 is 0. The van der Waals surface area contributed by atoms with Crippen LogP contribution >= 0.6 is 0 Å². The van der Waals surface area contributed by atoms with Gasteiger partial charge in [0.25, 0.3) is 0 Å². The van der Waals surface area contributed by atoms with Crippen LogP contribution in [0.1, 0.15) is 216 Å². The molecule has 0 aliphatic heterocycles. The number of carbonyl (C=O) groups excluding carboxylic acids is 1. The Morgan fingerprint density at radius 3 is 1.88 bits per heavy atom. The molecular weight excluding hydrogens is 597 g/mol. The minimum Gasteiger partial charge on any atom is -0.462 e. The normalized spacial score (nSPS) is 38.4. The lowest BCUT2D eigenvalue weighted by molar-refractivity contribution is -0.183. The second-order valence-corrected chi connectivity index (χ2v) is 20.3. The highest BCUT2D eigenvalue weighted by atomic mass is 16.5. The van der Waals surface area contributed by atoms with Gasteiger partial charge in [-0.05, 0) is 135 Å². The average Bonchev–Trinajstić information content (AvgIpc) is 3.64. The summed E-state index contributed by atoms with van der Waals surface area (Å²) in [5.41, 5.74) is 3.50. The summed E-state index contributed by atoms with van der Waals surface area (Å²) in [5.74, 6) is 4.04. The maximum absolute atomic E-state index is 13.2. The molecule has 5 fully saturated rings. The van der Waals surface area contributed by atoms with Gasteiger partial charge in [0.15, 0.2) is 0 Å². The van der Waals surface area contributed by atoms with Gasteiger partial charge in [0.1, 0.15) is 6.10 Å². The average molecular weight is 679 g/mol. The molecule has 0 amide bonds. The first-order valence-corrected chi connectivity index (χ1v) is 22.1. The van der Waals surface area contributed by atoms with E-state index in [9.17, 15) is 4.79 Å². The van der Waals surface area contributed by atoms with Gasteiger partial charge in [0, 0.05) is 11.8 Å².